The molecule has 1 heterocycles. The highest BCUT2D eigenvalue weighted by Gasteiger charge is 2.10. The Balaban J connectivity index is 0.00000264. The number of halogens is 1. The quantitative estimate of drug-likeness (QED) is 0.449. The molecule has 1 aromatic carbocycles. The molecule has 2 aromatic rings. The average Bonchev–Trinajstić information content (AvgIpc) is 2.42. The summed E-state index contributed by atoms with van der Waals surface area (Å²) in [6.07, 6.45) is 0. The van der Waals surface area contributed by atoms with Gasteiger partial charge in [0.05, 0.1) is 12.1 Å². The maximum Gasteiger partial charge on any atom is 0.189 e. The van der Waals surface area contributed by atoms with Crippen LogP contribution in [-0.2, 0) is 6.54 Å². The van der Waals surface area contributed by atoms with Crippen LogP contribution in [0.5, 0.6) is 0 Å². The summed E-state index contributed by atoms with van der Waals surface area (Å²) >= 11 is 0. The number of rotatable bonds is 3. The number of pyridine rings is 1. The number of nitrogens with two attached hydrogens (primary N) is 1. The third kappa shape index (κ3) is 5.53. The Kier molecular flexibility index (Phi) is 6.61. The summed E-state index contributed by atoms with van der Waals surface area (Å²) in [6, 6.07) is 10.2. The SMILES string of the molecule is CN(C)c1cc(CN=C(N)NC(C)(C)C)c2ccccc2n1.I. The molecule has 0 aliphatic carbocycles. The van der Waals surface area contributed by atoms with Crippen LogP contribution in [0, 0.1) is 0 Å². The number of hydrogen-bond acceptors (Lipinski definition) is 3. The highest BCUT2D eigenvalue weighted by Crippen LogP contribution is 2.22. The van der Waals surface area contributed by atoms with Gasteiger partial charge in [-0.25, -0.2) is 9.98 Å². The smallest absolute Gasteiger partial charge is 0.189 e. The highest BCUT2D eigenvalue weighted by atomic mass is 127. The van der Waals surface area contributed by atoms with Crippen LogP contribution in [0.2, 0.25) is 0 Å². The lowest BCUT2D eigenvalue weighted by molar-refractivity contribution is 0.508. The lowest BCUT2D eigenvalue weighted by Crippen LogP contribution is -2.44. The summed E-state index contributed by atoms with van der Waals surface area (Å²) in [4.78, 5) is 11.1. The number of guanidine groups is 1. The van der Waals surface area contributed by atoms with Gasteiger partial charge in [0.1, 0.15) is 5.82 Å². The first-order valence-electron chi connectivity index (χ1n) is 7.40. The molecule has 5 nitrogen and oxygen atoms in total. The lowest BCUT2D eigenvalue weighted by atomic mass is 10.1. The first-order valence-corrected chi connectivity index (χ1v) is 7.40. The predicted molar refractivity (Wildman–Crippen MR) is 110 cm³/mol. The number of benzene rings is 1. The first-order chi connectivity index (χ1) is 10.3. The average molecular weight is 427 g/mol. The van der Waals surface area contributed by atoms with Crippen LogP contribution >= 0.6 is 24.0 Å². The van der Waals surface area contributed by atoms with Crippen molar-refractivity contribution in [1.82, 2.24) is 10.3 Å². The Labute approximate surface area is 155 Å². The maximum atomic E-state index is 5.96. The third-order valence-corrected chi connectivity index (χ3v) is 3.17. The van der Waals surface area contributed by atoms with Gasteiger partial charge in [0.2, 0.25) is 0 Å². The third-order valence-electron chi connectivity index (χ3n) is 3.17. The normalized spacial score (nSPS) is 12.0. The molecule has 0 radical (unpaired) electrons. The minimum absolute atomic E-state index is 0. The van der Waals surface area contributed by atoms with Crippen LogP contribution in [0.25, 0.3) is 10.9 Å². The van der Waals surface area contributed by atoms with Gasteiger partial charge >= 0.3 is 0 Å². The number of nitrogens with zero attached hydrogens (tertiary/aromatic N) is 3. The topological polar surface area (TPSA) is 66.5 Å². The molecule has 1 aromatic heterocycles. The fraction of sp³-hybridized carbons (Fsp3) is 0.412. The second-order valence-electron chi connectivity index (χ2n) is 6.63. The molecule has 0 fully saturated rings. The van der Waals surface area contributed by atoms with Gasteiger partial charge in [-0.15, -0.1) is 24.0 Å². The van der Waals surface area contributed by atoms with Crippen LogP contribution in [0.1, 0.15) is 26.3 Å². The van der Waals surface area contributed by atoms with Crippen LogP contribution in [-0.4, -0.2) is 30.6 Å². The summed E-state index contributed by atoms with van der Waals surface area (Å²) in [5.41, 5.74) is 7.96. The fourth-order valence-corrected chi connectivity index (χ4v) is 2.19. The van der Waals surface area contributed by atoms with Crippen molar-refractivity contribution in [2.45, 2.75) is 32.9 Å². The Hall–Kier alpha value is -1.57. The van der Waals surface area contributed by atoms with Crippen molar-refractivity contribution in [3.8, 4) is 0 Å². The number of aliphatic imine (C=N–C) groups is 1. The zero-order chi connectivity index (χ0) is 16.3. The highest BCUT2D eigenvalue weighted by molar-refractivity contribution is 14.0. The number of fused-ring (bicyclic) bond motifs is 1. The van der Waals surface area contributed by atoms with E-state index >= 15 is 0 Å². The van der Waals surface area contributed by atoms with Crippen molar-refractivity contribution in [1.29, 1.82) is 0 Å². The van der Waals surface area contributed by atoms with Gasteiger partial charge in [0.15, 0.2) is 5.96 Å². The lowest BCUT2D eigenvalue weighted by Gasteiger charge is -2.21. The van der Waals surface area contributed by atoms with Crippen molar-refractivity contribution < 1.29 is 0 Å². The maximum absolute atomic E-state index is 5.96. The van der Waals surface area contributed by atoms with Crippen LogP contribution in [0.3, 0.4) is 0 Å². The summed E-state index contributed by atoms with van der Waals surface area (Å²) in [5.74, 6) is 1.38. The van der Waals surface area contributed by atoms with Crippen LogP contribution < -0.4 is 16.0 Å². The molecule has 2 rings (SSSR count). The largest absolute Gasteiger partial charge is 0.370 e. The van der Waals surface area contributed by atoms with E-state index in [1.54, 1.807) is 0 Å². The Morgan fingerprint density at radius 3 is 2.52 bits per heavy atom. The molecule has 0 spiro atoms. The van der Waals surface area contributed by atoms with Gasteiger partial charge in [0.25, 0.3) is 0 Å². The number of hydrogen-bond donors (Lipinski definition) is 2. The summed E-state index contributed by atoms with van der Waals surface area (Å²) in [7, 11) is 3.97. The molecule has 3 N–H and O–H groups in total. The molecule has 0 bridgehead atoms. The number of aromatic nitrogens is 1. The van der Waals surface area contributed by atoms with E-state index in [0.717, 1.165) is 22.3 Å². The van der Waals surface area contributed by atoms with Crippen molar-refractivity contribution in [3.63, 3.8) is 0 Å². The molecular formula is C17H26IN5. The van der Waals surface area contributed by atoms with Crippen LogP contribution in [0.15, 0.2) is 35.3 Å². The van der Waals surface area contributed by atoms with E-state index in [1.165, 1.54) is 0 Å². The molecule has 0 aliphatic rings. The van der Waals surface area contributed by atoms with Crippen molar-refractivity contribution in [2.24, 2.45) is 10.7 Å². The molecule has 23 heavy (non-hydrogen) atoms. The number of para-hydroxylation sites is 1. The van der Waals surface area contributed by atoms with Gasteiger partial charge in [-0.2, -0.15) is 0 Å². The molecule has 0 atom stereocenters. The molecule has 126 valence electrons. The van der Waals surface area contributed by atoms with Gasteiger partial charge in [-0.1, -0.05) is 18.2 Å². The van der Waals surface area contributed by atoms with E-state index in [4.69, 9.17) is 5.73 Å². The number of nitrogens with one attached hydrogen (secondary N) is 1. The predicted octanol–water partition coefficient (Wildman–Crippen LogP) is 3.12. The van der Waals surface area contributed by atoms with E-state index in [0.29, 0.717) is 12.5 Å². The van der Waals surface area contributed by atoms with E-state index in [-0.39, 0.29) is 29.5 Å². The van der Waals surface area contributed by atoms with E-state index in [9.17, 15) is 0 Å². The van der Waals surface area contributed by atoms with Crippen molar-refractivity contribution in [2.75, 3.05) is 19.0 Å². The molecule has 0 unspecified atom stereocenters. The van der Waals surface area contributed by atoms with E-state index in [2.05, 4.69) is 48.2 Å². The summed E-state index contributed by atoms with van der Waals surface area (Å²) < 4.78 is 0. The van der Waals surface area contributed by atoms with Crippen molar-refractivity contribution in [3.05, 3.63) is 35.9 Å². The van der Waals surface area contributed by atoms with E-state index < -0.39 is 0 Å². The first kappa shape index (κ1) is 19.5. The van der Waals surface area contributed by atoms with Crippen LogP contribution in [0.4, 0.5) is 5.82 Å². The molecule has 0 aliphatic heterocycles. The minimum Gasteiger partial charge on any atom is -0.370 e. The molecule has 0 amide bonds. The molecule has 0 saturated carbocycles. The Bertz CT molecular complexity index is 689. The monoisotopic (exact) mass is 427 g/mol. The van der Waals surface area contributed by atoms with Gasteiger partial charge in [-0.3, -0.25) is 0 Å². The Morgan fingerprint density at radius 2 is 1.91 bits per heavy atom. The van der Waals surface area contributed by atoms with Gasteiger partial charge in [-0.05, 0) is 38.5 Å². The fourth-order valence-electron chi connectivity index (χ4n) is 2.19. The summed E-state index contributed by atoms with van der Waals surface area (Å²) in [6.45, 7) is 6.70. The summed E-state index contributed by atoms with van der Waals surface area (Å²) in [5, 5.41) is 4.29. The van der Waals surface area contributed by atoms with Crippen molar-refractivity contribution >= 4 is 46.7 Å². The van der Waals surface area contributed by atoms with Gasteiger partial charge < -0.3 is 16.0 Å². The minimum atomic E-state index is -0.0946. The molecular weight excluding hydrogens is 401 g/mol. The number of anilines is 1. The zero-order valence-electron chi connectivity index (χ0n) is 14.4. The molecule has 6 heteroatoms. The zero-order valence-corrected chi connectivity index (χ0v) is 16.8. The van der Waals surface area contributed by atoms with E-state index in [1.807, 2.05) is 37.2 Å². The second kappa shape index (κ2) is 7.81. The molecule has 0 saturated heterocycles. The Morgan fingerprint density at radius 1 is 1.26 bits per heavy atom. The standard InChI is InChI=1S/C17H25N5.HI/c1-17(2,3)21-16(18)19-11-12-10-15(22(4)5)20-14-9-7-6-8-13(12)14;/h6-10H,11H2,1-5H3,(H3,18,19,21);1H. The second-order valence-corrected chi connectivity index (χ2v) is 6.63. The van der Waals surface area contributed by atoms with Gasteiger partial charge in [0, 0.05) is 25.0 Å².